The van der Waals surface area contributed by atoms with Gasteiger partial charge in [0.1, 0.15) is 0 Å². The van der Waals surface area contributed by atoms with E-state index in [2.05, 4.69) is 249 Å². The maximum absolute atomic E-state index is 2.56. The van der Waals surface area contributed by atoms with Crippen molar-refractivity contribution in [3.05, 3.63) is 229 Å². The highest BCUT2D eigenvalue weighted by Gasteiger charge is 2.44. The molecule has 11 rings (SSSR count). The Labute approximate surface area is 366 Å². The average molecular weight is 798 g/mol. The molecule has 0 amide bonds. The van der Waals surface area contributed by atoms with Gasteiger partial charge in [-0.25, -0.2) is 0 Å². The molecule has 0 unspecified atom stereocenters. The van der Waals surface area contributed by atoms with E-state index in [1.165, 1.54) is 83.8 Å². The van der Waals surface area contributed by atoms with E-state index >= 15 is 0 Å². The third kappa shape index (κ3) is 6.37. The number of nitrogens with zero attached hydrogens (tertiary/aromatic N) is 3. The van der Waals surface area contributed by atoms with Crippen molar-refractivity contribution in [1.29, 1.82) is 0 Å². The third-order valence-corrected chi connectivity index (χ3v) is 13.2. The summed E-state index contributed by atoms with van der Waals surface area (Å²) in [4.78, 5) is 7.56. The number of hydrogen-bond acceptors (Lipinski definition) is 3. The summed E-state index contributed by atoms with van der Waals surface area (Å²) in [6.07, 6.45) is 8.00. The van der Waals surface area contributed by atoms with Crippen LogP contribution in [0.2, 0.25) is 0 Å². The van der Waals surface area contributed by atoms with Gasteiger partial charge in [0.2, 0.25) is 0 Å². The fraction of sp³-hybridized carbons (Fsp3) is 0.103. The quantitative estimate of drug-likeness (QED) is 0.149. The van der Waals surface area contributed by atoms with E-state index in [4.69, 9.17) is 0 Å². The first-order chi connectivity index (χ1) is 30.3. The normalized spacial score (nSPS) is 16.0. The fourth-order valence-corrected chi connectivity index (χ4v) is 10.0. The summed E-state index contributed by atoms with van der Waals surface area (Å²) in [6, 6.07) is 69.7. The molecule has 0 fully saturated rings. The van der Waals surface area contributed by atoms with Crippen molar-refractivity contribution >= 4 is 74.2 Å². The van der Waals surface area contributed by atoms with Crippen LogP contribution in [0, 0.1) is 20.8 Å². The van der Waals surface area contributed by atoms with Crippen LogP contribution in [0.15, 0.2) is 206 Å². The predicted molar refractivity (Wildman–Crippen MR) is 265 cm³/mol. The molecule has 0 spiro atoms. The first-order valence-electron chi connectivity index (χ1n) is 21.8. The second-order valence-corrected chi connectivity index (χ2v) is 17.5. The van der Waals surface area contributed by atoms with Gasteiger partial charge in [0, 0.05) is 45.5 Å². The van der Waals surface area contributed by atoms with Crippen molar-refractivity contribution < 1.29 is 0 Å². The van der Waals surface area contributed by atoms with E-state index in [-0.39, 0.29) is 12.3 Å². The van der Waals surface area contributed by atoms with Crippen LogP contribution in [0.1, 0.15) is 35.6 Å². The van der Waals surface area contributed by atoms with E-state index in [0.29, 0.717) is 0 Å². The van der Waals surface area contributed by atoms with Gasteiger partial charge in [0.15, 0.2) is 0 Å². The molecular weight excluding hydrogens is 749 g/mol. The molecule has 2 aliphatic heterocycles. The third-order valence-electron chi connectivity index (χ3n) is 13.2. The minimum absolute atomic E-state index is 0.0451. The molecule has 4 heteroatoms. The molecule has 1 atom stereocenters. The monoisotopic (exact) mass is 797 g/mol. The first-order valence-corrected chi connectivity index (χ1v) is 21.8. The molecule has 298 valence electrons. The fourth-order valence-electron chi connectivity index (χ4n) is 10.0. The number of hydrogen-bond donors (Lipinski definition) is 0. The van der Waals surface area contributed by atoms with E-state index < -0.39 is 0 Å². The van der Waals surface area contributed by atoms with Gasteiger partial charge in [-0.1, -0.05) is 156 Å². The molecule has 8 aromatic rings. The van der Waals surface area contributed by atoms with Gasteiger partial charge in [0.05, 0.1) is 5.54 Å². The van der Waals surface area contributed by atoms with Crippen molar-refractivity contribution in [3.8, 4) is 11.1 Å². The summed E-state index contributed by atoms with van der Waals surface area (Å²) in [6.45, 7) is 8.98. The molecule has 2 heterocycles. The van der Waals surface area contributed by atoms with Crippen LogP contribution in [-0.4, -0.2) is 12.3 Å². The molecular formula is C58H48BN3. The Morgan fingerprint density at radius 1 is 0.468 bits per heavy atom. The Bertz CT molecular complexity index is 3030. The molecule has 0 radical (unpaired) electrons. The molecule has 3 nitrogen and oxygen atoms in total. The summed E-state index contributed by atoms with van der Waals surface area (Å²) in [7, 11) is 0. The second-order valence-electron chi connectivity index (χ2n) is 17.5. The zero-order valence-corrected chi connectivity index (χ0v) is 35.8. The van der Waals surface area contributed by atoms with Crippen molar-refractivity contribution in [1.82, 2.24) is 0 Å². The minimum atomic E-state index is -0.349. The maximum Gasteiger partial charge on any atom is 0.252 e. The molecule has 0 saturated heterocycles. The molecule has 8 aromatic carbocycles. The number of benzene rings is 8. The highest BCUT2D eigenvalue weighted by molar-refractivity contribution is 7.00. The van der Waals surface area contributed by atoms with Crippen molar-refractivity contribution in [2.24, 2.45) is 0 Å². The van der Waals surface area contributed by atoms with Gasteiger partial charge in [-0.05, 0) is 139 Å². The van der Waals surface area contributed by atoms with E-state index in [1.54, 1.807) is 0 Å². The van der Waals surface area contributed by atoms with Crippen LogP contribution >= 0.6 is 0 Å². The Kier molecular flexibility index (Phi) is 9.12. The lowest BCUT2D eigenvalue weighted by Crippen LogP contribution is -2.61. The zero-order valence-electron chi connectivity index (χ0n) is 35.8. The van der Waals surface area contributed by atoms with Gasteiger partial charge >= 0.3 is 0 Å². The Hall–Kier alpha value is -7.30. The maximum atomic E-state index is 2.56. The largest absolute Gasteiger partial charge is 0.332 e. The summed E-state index contributed by atoms with van der Waals surface area (Å²) < 4.78 is 0. The summed E-state index contributed by atoms with van der Waals surface area (Å²) >= 11 is 0. The Balaban J connectivity index is 1.11. The molecule has 0 N–H and O–H groups in total. The standard InChI is InChI=1S/C58H48BN3/c1-40-18-25-47(26-19-40)60-53-33-22-42(3)38-52(53)59-51-32-31-50(39-56(51)61(48-27-20-41(2)21-28-48)55-17-11-16-54(60)57(55)59)62(49-29-23-45(24-30-49)43-12-7-5-8-13-43)58(4)36-34-46(35-37-58)44-14-9-6-10-15-44/h5-36,38-39H,37H2,1-4H3/t58-/m0/s1. The van der Waals surface area contributed by atoms with E-state index in [9.17, 15) is 0 Å². The van der Waals surface area contributed by atoms with Gasteiger partial charge in [-0.15, -0.1) is 0 Å². The summed E-state index contributed by atoms with van der Waals surface area (Å²) in [5, 5.41) is 0. The van der Waals surface area contributed by atoms with Crippen LogP contribution < -0.4 is 31.1 Å². The lowest BCUT2D eigenvalue weighted by molar-refractivity contribution is 0.571. The van der Waals surface area contributed by atoms with Crippen molar-refractivity contribution in [2.45, 2.75) is 39.7 Å². The van der Waals surface area contributed by atoms with Gasteiger partial charge < -0.3 is 14.7 Å². The second kappa shape index (κ2) is 15.0. The number of anilines is 8. The van der Waals surface area contributed by atoms with Crippen molar-refractivity contribution in [3.63, 3.8) is 0 Å². The van der Waals surface area contributed by atoms with Crippen LogP contribution in [-0.2, 0) is 0 Å². The first kappa shape index (κ1) is 37.7. The van der Waals surface area contributed by atoms with Crippen LogP contribution in [0.5, 0.6) is 0 Å². The minimum Gasteiger partial charge on any atom is -0.332 e. The van der Waals surface area contributed by atoms with Gasteiger partial charge in [-0.2, -0.15) is 0 Å². The molecule has 0 aromatic heterocycles. The van der Waals surface area contributed by atoms with E-state index in [0.717, 1.165) is 23.5 Å². The van der Waals surface area contributed by atoms with Gasteiger partial charge in [0.25, 0.3) is 6.71 Å². The molecule has 0 saturated carbocycles. The highest BCUT2D eigenvalue weighted by Crippen LogP contribution is 2.47. The average Bonchev–Trinajstić information content (AvgIpc) is 3.31. The highest BCUT2D eigenvalue weighted by atomic mass is 15.2. The number of fused-ring (bicyclic) bond motifs is 4. The molecule has 1 aliphatic carbocycles. The van der Waals surface area contributed by atoms with Crippen LogP contribution in [0.4, 0.5) is 45.5 Å². The lowest BCUT2D eigenvalue weighted by Gasteiger charge is -2.46. The predicted octanol–water partition coefficient (Wildman–Crippen LogP) is 13.3. The number of rotatable bonds is 7. The zero-order chi connectivity index (χ0) is 42.0. The molecule has 0 bridgehead atoms. The van der Waals surface area contributed by atoms with Crippen molar-refractivity contribution in [2.75, 3.05) is 14.7 Å². The van der Waals surface area contributed by atoms with Crippen LogP contribution in [0.25, 0.3) is 16.7 Å². The SMILES string of the molecule is Cc1ccc(N2c3ccc(C)cc3B3c4ccc(N(c5ccc(-c6ccccc6)cc5)[C@@]5(C)C=CC(c6ccccc6)=CC5)cc4N(c4ccc(C)cc4)c4cccc2c43)cc1. The lowest BCUT2D eigenvalue weighted by atomic mass is 9.33. The summed E-state index contributed by atoms with van der Waals surface area (Å²) in [5.41, 5.74) is 21.8. The molecule has 62 heavy (non-hydrogen) atoms. The van der Waals surface area contributed by atoms with Gasteiger partial charge in [-0.3, -0.25) is 0 Å². The molecule has 3 aliphatic rings. The Morgan fingerprint density at radius 3 is 1.65 bits per heavy atom. The van der Waals surface area contributed by atoms with E-state index in [1.807, 2.05) is 0 Å². The number of aryl methyl sites for hydroxylation is 3. The summed E-state index contributed by atoms with van der Waals surface area (Å²) in [5.74, 6) is 0. The number of allylic oxidation sites excluding steroid dienone is 2. The Morgan fingerprint density at radius 2 is 1.03 bits per heavy atom. The smallest absolute Gasteiger partial charge is 0.252 e. The van der Waals surface area contributed by atoms with Crippen LogP contribution in [0.3, 0.4) is 0 Å². The topological polar surface area (TPSA) is 9.72 Å².